The average molecular weight is 259 g/mol. The summed E-state index contributed by atoms with van der Waals surface area (Å²) in [4.78, 5) is 4.64. The van der Waals surface area contributed by atoms with Crippen molar-refractivity contribution in [3.63, 3.8) is 0 Å². The van der Waals surface area contributed by atoms with Gasteiger partial charge in [0.05, 0.1) is 18.8 Å². The highest BCUT2D eigenvalue weighted by Crippen LogP contribution is 1.97. The molecule has 1 aliphatic rings. The van der Waals surface area contributed by atoms with Crippen LogP contribution in [0.4, 0.5) is 0 Å². The lowest BCUT2D eigenvalue weighted by Crippen LogP contribution is -2.46. The van der Waals surface area contributed by atoms with E-state index in [0.717, 1.165) is 39.3 Å². The molecule has 0 amide bonds. The van der Waals surface area contributed by atoms with Gasteiger partial charge in [0.2, 0.25) is 0 Å². The molecule has 1 aliphatic heterocycles. The van der Waals surface area contributed by atoms with Crippen LogP contribution >= 0.6 is 0 Å². The maximum atomic E-state index is 9.82. The van der Waals surface area contributed by atoms with Gasteiger partial charge in [0.1, 0.15) is 0 Å². The van der Waals surface area contributed by atoms with E-state index in [1.807, 2.05) is 13.8 Å². The highest BCUT2D eigenvalue weighted by Gasteiger charge is 2.12. The first-order valence-electron chi connectivity index (χ1n) is 6.99. The van der Waals surface area contributed by atoms with E-state index in [-0.39, 0.29) is 12.2 Å². The Balaban J connectivity index is 2.06. The fourth-order valence-corrected chi connectivity index (χ4v) is 2.05. The van der Waals surface area contributed by atoms with Crippen LogP contribution in [0, 0.1) is 0 Å². The highest BCUT2D eigenvalue weighted by molar-refractivity contribution is 4.69. The molecule has 1 fully saturated rings. The Labute approximate surface area is 111 Å². The first-order chi connectivity index (χ1) is 8.58. The summed E-state index contributed by atoms with van der Waals surface area (Å²) in [6.45, 7) is 11.6. The highest BCUT2D eigenvalue weighted by atomic mass is 16.5. The molecule has 5 nitrogen and oxygen atoms in total. The Kier molecular flexibility index (Phi) is 7.77. The van der Waals surface area contributed by atoms with E-state index in [0.29, 0.717) is 13.2 Å². The molecular weight excluding hydrogens is 230 g/mol. The molecule has 0 bridgehead atoms. The topological polar surface area (TPSA) is 48.0 Å². The van der Waals surface area contributed by atoms with Crippen LogP contribution in [0.5, 0.6) is 0 Å². The van der Waals surface area contributed by atoms with Crippen molar-refractivity contribution in [2.45, 2.75) is 26.1 Å². The minimum absolute atomic E-state index is 0.186. The van der Waals surface area contributed by atoms with E-state index in [2.05, 4.69) is 22.2 Å². The van der Waals surface area contributed by atoms with Crippen molar-refractivity contribution < 1.29 is 9.84 Å². The van der Waals surface area contributed by atoms with E-state index >= 15 is 0 Å². The molecule has 2 N–H and O–H groups in total. The van der Waals surface area contributed by atoms with Crippen LogP contribution in [0.15, 0.2) is 0 Å². The molecule has 0 aliphatic carbocycles. The van der Waals surface area contributed by atoms with Gasteiger partial charge in [-0.15, -0.1) is 0 Å². The Morgan fingerprint density at radius 3 is 2.61 bits per heavy atom. The van der Waals surface area contributed by atoms with Crippen molar-refractivity contribution in [2.24, 2.45) is 0 Å². The van der Waals surface area contributed by atoms with E-state index in [9.17, 15) is 5.11 Å². The first-order valence-corrected chi connectivity index (χ1v) is 6.99. The second-order valence-corrected chi connectivity index (χ2v) is 5.39. The van der Waals surface area contributed by atoms with Crippen molar-refractivity contribution >= 4 is 0 Å². The van der Waals surface area contributed by atoms with Crippen LogP contribution in [0.1, 0.15) is 13.8 Å². The Bertz CT molecular complexity index is 208. The molecule has 5 heteroatoms. The molecule has 0 radical (unpaired) electrons. The Morgan fingerprint density at radius 2 is 2.00 bits per heavy atom. The van der Waals surface area contributed by atoms with Gasteiger partial charge in [0.15, 0.2) is 0 Å². The molecule has 1 unspecified atom stereocenters. The molecule has 18 heavy (non-hydrogen) atoms. The monoisotopic (exact) mass is 259 g/mol. The lowest BCUT2D eigenvalue weighted by Gasteiger charge is -2.29. The van der Waals surface area contributed by atoms with Gasteiger partial charge in [0, 0.05) is 45.8 Å². The first kappa shape index (κ1) is 15.9. The summed E-state index contributed by atoms with van der Waals surface area (Å²) < 4.78 is 5.40. The van der Waals surface area contributed by atoms with E-state index in [1.165, 1.54) is 0 Å². The van der Waals surface area contributed by atoms with Gasteiger partial charge >= 0.3 is 0 Å². The summed E-state index contributed by atoms with van der Waals surface area (Å²) in [6.07, 6.45) is -0.203. The molecule has 1 atom stereocenters. The van der Waals surface area contributed by atoms with E-state index < -0.39 is 0 Å². The molecule has 1 saturated heterocycles. The smallest absolute Gasteiger partial charge is 0.0900 e. The van der Waals surface area contributed by atoms with Crippen molar-refractivity contribution in [3.05, 3.63) is 0 Å². The van der Waals surface area contributed by atoms with Crippen LogP contribution in [-0.2, 0) is 4.74 Å². The van der Waals surface area contributed by atoms with Gasteiger partial charge < -0.3 is 20.1 Å². The lowest BCUT2D eigenvalue weighted by molar-refractivity contribution is -0.00633. The molecule has 0 aromatic rings. The molecular formula is C13H29N3O2. The zero-order valence-electron chi connectivity index (χ0n) is 12.1. The minimum atomic E-state index is -0.388. The number of hydrogen-bond acceptors (Lipinski definition) is 5. The van der Waals surface area contributed by atoms with Crippen LogP contribution in [-0.4, -0.2) is 86.6 Å². The summed E-state index contributed by atoms with van der Waals surface area (Å²) in [7, 11) is 2.06. The molecule has 1 rings (SSSR count). The van der Waals surface area contributed by atoms with Gasteiger partial charge in [-0.3, -0.25) is 4.90 Å². The van der Waals surface area contributed by atoms with Crippen LogP contribution < -0.4 is 5.32 Å². The molecule has 108 valence electrons. The molecule has 0 aromatic heterocycles. The van der Waals surface area contributed by atoms with Gasteiger partial charge in [-0.05, 0) is 20.9 Å². The Hall–Kier alpha value is -0.200. The number of aliphatic hydroxyl groups is 1. The third-order valence-corrected chi connectivity index (χ3v) is 3.15. The predicted molar refractivity (Wildman–Crippen MR) is 73.9 cm³/mol. The maximum absolute atomic E-state index is 9.82. The molecule has 0 spiro atoms. The van der Waals surface area contributed by atoms with Crippen LogP contribution in [0.3, 0.4) is 0 Å². The third-order valence-electron chi connectivity index (χ3n) is 3.15. The summed E-state index contributed by atoms with van der Waals surface area (Å²) in [5.41, 5.74) is 0. The number of nitrogens with zero attached hydrogens (tertiary/aromatic N) is 2. The molecule has 0 aromatic carbocycles. The zero-order chi connectivity index (χ0) is 13.4. The average Bonchev–Trinajstić information content (AvgIpc) is 2.35. The summed E-state index contributed by atoms with van der Waals surface area (Å²) >= 11 is 0. The number of piperazine rings is 1. The van der Waals surface area contributed by atoms with Crippen LogP contribution in [0.2, 0.25) is 0 Å². The van der Waals surface area contributed by atoms with Gasteiger partial charge in [-0.2, -0.15) is 0 Å². The zero-order valence-corrected chi connectivity index (χ0v) is 12.1. The van der Waals surface area contributed by atoms with Crippen molar-refractivity contribution in [1.29, 1.82) is 0 Å². The fourth-order valence-electron chi connectivity index (χ4n) is 2.05. The summed E-state index contributed by atoms with van der Waals surface area (Å²) in [5, 5.41) is 13.2. The lowest BCUT2D eigenvalue weighted by atomic mass is 10.3. The SMILES string of the molecule is CC(C)OCC(O)CN(C)CCN1CCNCC1. The second-order valence-electron chi connectivity index (χ2n) is 5.39. The van der Waals surface area contributed by atoms with Gasteiger partial charge in [0.25, 0.3) is 0 Å². The normalized spacial score (nSPS) is 19.7. The third kappa shape index (κ3) is 7.28. The molecule has 0 saturated carbocycles. The second kappa shape index (κ2) is 8.82. The maximum Gasteiger partial charge on any atom is 0.0900 e. The van der Waals surface area contributed by atoms with Crippen LogP contribution in [0.25, 0.3) is 0 Å². The standard InChI is InChI=1S/C13H29N3O2/c1-12(2)18-11-13(17)10-15(3)8-9-16-6-4-14-5-7-16/h12-14,17H,4-11H2,1-3H3. The number of ether oxygens (including phenoxy) is 1. The summed E-state index contributed by atoms with van der Waals surface area (Å²) in [6, 6.07) is 0. The van der Waals surface area contributed by atoms with Gasteiger partial charge in [-0.1, -0.05) is 0 Å². The van der Waals surface area contributed by atoms with Crippen molar-refractivity contribution in [1.82, 2.24) is 15.1 Å². The minimum Gasteiger partial charge on any atom is -0.389 e. The van der Waals surface area contributed by atoms with Crippen molar-refractivity contribution in [3.8, 4) is 0 Å². The number of rotatable bonds is 8. The number of hydrogen-bond donors (Lipinski definition) is 2. The predicted octanol–water partition coefficient (Wildman–Crippen LogP) is -0.391. The quantitative estimate of drug-likeness (QED) is 0.622. The summed E-state index contributed by atoms with van der Waals surface area (Å²) in [5.74, 6) is 0. The van der Waals surface area contributed by atoms with E-state index in [4.69, 9.17) is 4.74 Å². The van der Waals surface area contributed by atoms with E-state index in [1.54, 1.807) is 0 Å². The number of likely N-dealkylation sites (N-methyl/N-ethyl adjacent to an activating group) is 1. The largest absolute Gasteiger partial charge is 0.389 e. The van der Waals surface area contributed by atoms with Crippen molar-refractivity contribution in [2.75, 3.05) is 59.5 Å². The number of nitrogens with one attached hydrogen (secondary N) is 1. The molecule has 1 heterocycles. The Morgan fingerprint density at radius 1 is 1.33 bits per heavy atom. The number of aliphatic hydroxyl groups excluding tert-OH is 1. The fraction of sp³-hybridized carbons (Fsp3) is 1.00. The van der Waals surface area contributed by atoms with Gasteiger partial charge in [-0.25, -0.2) is 0 Å².